The zero-order valence-electron chi connectivity index (χ0n) is 17.8. The maximum atomic E-state index is 13.3. The third-order valence-electron chi connectivity index (χ3n) is 5.62. The van der Waals surface area contributed by atoms with Crippen molar-refractivity contribution in [3.63, 3.8) is 0 Å². The molecule has 1 aliphatic carbocycles. The van der Waals surface area contributed by atoms with Gasteiger partial charge in [0.15, 0.2) is 0 Å². The number of hydrogen-bond donors (Lipinski definition) is 2. The van der Waals surface area contributed by atoms with Crippen LogP contribution in [-0.4, -0.2) is 71.9 Å². The van der Waals surface area contributed by atoms with Crippen molar-refractivity contribution in [1.82, 2.24) is 25.1 Å². The lowest BCUT2D eigenvalue weighted by atomic mass is 10.1. The molecule has 1 aliphatic heterocycles. The van der Waals surface area contributed by atoms with E-state index >= 15 is 0 Å². The molecule has 2 amide bonds. The van der Waals surface area contributed by atoms with Gasteiger partial charge in [0.2, 0.25) is 0 Å². The summed E-state index contributed by atoms with van der Waals surface area (Å²) >= 11 is 0. The van der Waals surface area contributed by atoms with Gasteiger partial charge < -0.3 is 29.6 Å². The molecule has 9 nitrogen and oxygen atoms in total. The molecule has 4 rings (SSSR count). The van der Waals surface area contributed by atoms with Crippen LogP contribution in [0.25, 0.3) is 16.7 Å². The van der Waals surface area contributed by atoms with Gasteiger partial charge in [-0.05, 0) is 31.4 Å². The van der Waals surface area contributed by atoms with Crippen molar-refractivity contribution in [3.8, 4) is 0 Å². The number of carbonyl (C=O) groups excluding carboxylic acids is 2. The van der Waals surface area contributed by atoms with Crippen LogP contribution in [0.2, 0.25) is 0 Å². The van der Waals surface area contributed by atoms with E-state index in [1.54, 1.807) is 6.20 Å². The number of carbonyl (C=O) groups is 2. The Morgan fingerprint density at radius 3 is 3.00 bits per heavy atom. The highest BCUT2D eigenvalue weighted by Gasteiger charge is 2.39. The van der Waals surface area contributed by atoms with Crippen LogP contribution in [0.3, 0.4) is 0 Å². The smallest absolute Gasteiger partial charge is 0.406 e. The van der Waals surface area contributed by atoms with E-state index in [0.29, 0.717) is 38.4 Å². The molecule has 1 saturated heterocycles. The van der Waals surface area contributed by atoms with Crippen molar-refractivity contribution in [2.24, 2.45) is 0 Å². The minimum Gasteiger partial charge on any atom is -0.453 e. The quantitative estimate of drug-likeness (QED) is 0.623. The number of morpholine rings is 1. The molecule has 0 aromatic carbocycles. The van der Waals surface area contributed by atoms with Crippen LogP contribution >= 0.6 is 0 Å². The molecule has 0 unspecified atom stereocenters. The molecule has 31 heavy (non-hydrogen) atoms. The number of aromatic nitrogens is 2. The number of pyridine rings is 1. The number of rotatable bonds is 8. The summed E-state index contributed by atoms with van der Waals surface area (Å²) in [7, 11) is 1.35. The SMILES string of the molecule is C=C(c1cn(CCCNC(=O)OC)c2ncccc12)N(C(=O)[C@H]1CNCCO1)C1CC1. The highest BCUT2D eigenvalue weighted by atomic mass is 16.5. The average molecular weight is 428 g/mol. The second-order valence-electron chi connectivity index (χ2n) is 7.83. The highest BCUT2D eigenvalue weighted by Crippen LogP contribution is 2.36. The first-order chi connectivity index (χ1) is 15.1. The standard InChI is InChI=1S/C22H29N5O4/c1-15(27(16-6-7-16)21(28)19-13-23-10-12-31-19)18-14-26(11-4-9-25-22(29)30-2)20-17(18)5-3-8-24-20/h3,5,8,14,16,19,23H,1,4,6-7,9-13H2,2H3,(H,25,29)/t19-/m1/s1. The first-order valence-electron chi connectivity index (χ1n) is 10.7. The second-order valence-corrected chi connectivity index (χ2v) is 7.83. The molecule has 0 radical (unpaired) electrons. The first kappa shape index (κ1) is 21.3. The number of nitrogens with one attached hydrogen (secondary N) is 2. The Bertz CT molecular complexity index is 962. The predicted molar refractivity (Wildman–Crippen MR) is 116 cm³/mol. The van der Waals surface area contributed by atoms with Gasteiger partial charge in [-0.3, -0.25) is 4.79 Å². The minimum absolute atomic E-state index is 0.0354. The van der Waals surface area contributed by atoms with Gasteiger partial charge in [-0.25, -0.2) is 9.78 Å². The molecule has 9 heteroatoms. The van der Waals surface area contributed by atoms with Crippen LogP contribution in [0.5, 0.6) is 0 Å². The maximum Gasteiger partial charge on any atom is 0.406 e. The minimum atomic E-state index is -0.484. The monoisotopic (exact) mass is 427 g/mol. The molecule has 1 saturated carbocycles. The fraction of sp³-hybridized carbons (Fsp3) is 0.500. The van der Waals surface area contributed by atoms with Crippen molar-refractivity contribution in [1.29, 1.82) is 0 Å². The first-order valence-corrected chi connectivity index (χ1v) is 10.7. The van der Waals surface area contributed by atoms with E-state index in [0.717, 1.165) is 36.0 Å². The lowest BCUT2D eigenvalue weighted by molar-refractivity contribution is -0.142. The van der Waals surface area contributed by atoms with Gasteiger partial charge in [-0.15, -0.1) is 0 Å². The molecule has 2 aliphatic rings. The Morgan fingerprint density at radius 1 is 1.45 bits per heavy atom. The summed E-state index contributed by atoms with van der Waals surface area (Å²) in [6.45, 7) is 7.28. The summed E-state index contributed by atoms with van der Waals surface area (Å²) in [6.07, 6.45) is 5.49. The third-order valence-corrected chi connectivity index (χ3v) is 5.62. The third kappa shape index (κ3) is 4.72. The number of hydrogen-bond acceptors (Lipinski definition) is 6. The number of ether oxygens (including phenoxy) is 2. The van der Waals surface area contributed by atoms with Gasteiger partial charge in [0.05, 0.1) is 13.7 Å². The average Bonchev–Trinajstić information content (AvgIpc) is 3.57. The predicted octanol–water partition coefficient (Wildman–Crippen LogP) is 1.73. The van der Waals surface area contributed by atoms with Gasteiger partial charge in [0.1, 0.15) is 11.8 Å². The fourth-order valence-corrected chi connectivity index (χ4v) is 3.91. The van der Waals surface area contributed by atoms with Crippen LogP contribution in [-0.2, 0) is 20.8 Å². The molecule has 2 N–H and O–H groups in total. The summed E-state index contributed by atoms with van der Waals surface area (Å²) in [6, 6.07) is 4.06. The molecule has 166 valence electrons. The van der Waals surface area contributed by atoms with Gasteiger partial charge >= 0.3 is 6.09 Å². The lowest BCUT2D eigenvalue weighted by Crippen LogP contribution is -2.49. The van der Waals surface area contributed by atoms with Gasteiger partial charge in [0.25, 0.3) is 5.91 Å². The molecule has 0 bridgehead atoms. The zero-order chi connectivity index (χ0) is 21.8. The van der Waals surface area contributed by atoms with Crippen molar-refractivity contribution >= 4 is 28.7 Å². The van der Waals surface area contributed by atoms with Crippen molar-refractivity contribution in [3.05, 3.63) is 36.7 Å². The molecular formula is C22H29N5O4. The molecule has 2 fully saturated rings. The Morgan fingerprint density at radius 2 is 2.29 bits per heavy atom. The maximum absolute atomic E-state index is 13.3. The van der Waals surface area contributed by atoms with Crippen molar-refractivity contribution in [2.45, 2.75) is 38.0 Å². The van der Waals surface area contributed by atoms with E-state index < -0.39 is 12.2 Å². The Balaban J connectivity index is 1.55. The molecule has 0 spiro atoms. The van der Waals surface area contributed by atoms with E-state index in [9.17, 15) is 9.59 Å². The zero-order valence-corrected chi connectivity index (χ0v) is 17.8. The van der Waals surface area contributed by atoms with Gasteiger partial charge in [0, 0.05) is 61.3 Å². The van der Waals surface area contributed by atoms with E-state index in [4.69, 9.17) is 4.74 Å². The van der Waals surface area contributed by atoms with Crippen LogP contribution in [0.1, 0.15) is 24.8 Å². The Hall–Kier alpha value is -2.91. The Labute approximate surface area is 181 Å². The molecule has 2 aromatic heterocycles. The molecule has 2 aromatic rings. The van der Waals surface area contributed by atoms with Crippen molar-refractivity contribution in [2.75, 3.05) is 33.4 Å². The van der Waals surface area contributed by atoms with E-state index in [1.165, 1.54) is 7.11 Å². The van der Waals surface area contributed by atoms with Crippen LogP contribution in [0.15, 0.2) is 31.1 Å². The van der Waals surface area contributed by atoms with E-state index in [-0.39, 0.29) is 11.9 Å². The molecule has 1 atom stereocenters. The number of methoxy groups -OCH3 is 1. The van der Waals surface area contributed by atoms with Gasteiger partial charge in [-0.1, -0.05) is 6.58 Å². The number of aryl methyl sites for hydroxylation is 1. The highest BCUT2D eigenvalue weighted by molar-refractivity contribution is 5.97. The van der Waals surface area contributed by atoms with E-state index in [2.05, 4.69) is 26.9 Å². The number of nitrogens with zero attached hydrogens (tertiary/aromatic N) is 3. The summed E-state index contributed by atoms with van der Waals surface area (Å²) in [5.74, 6) is -0.0354. The lowest BCUT2D eigenvalue weighted by Gasteiger charge is -2.31. The topological polar surface area (TPSA) is 97.7 Å². The van der Waals surface area contributed by atoms with Crippen LogP contribution < -0.4 is 10.6 Å². The van der Waals surface area contributed by atoms with Crippen LogP contribution in [0, 0.1) is 0 Å². The number of amides is 2. The normalized spacial score (nSPS) is 18.5. The number of alkyl carbamates (subject to hydrolysis) is 1. The van der Waals surface area contributed by atoms with Crippen LogP contribution in [0.4, 0.5) is 4.79 Å². The summed E-state index contributed by atoms with van der Waals surface area (Å²) in [5, 5.41) is 6.87. The largest absolute Gasteiger partial charge is 0.453 e. The summed E-state index contributed by atoms with van der Waals surface area (Å²) in [5.41, 5.74) is 2.41. The fourth-order valence-electron chi connectivity index (χ4n) is 3.91. The van der Waals surface area contributed by atoms with Crippen molar-refractivity contribution < 1.29 is 19.1 Å². The van der Waals surface area contributed by atoms with E-state index in [1.807, 2.05) is 27.8 Å². The summed E-state index contributed by atoms with van der Waals surface area (Å²) in [4.78, 5) is 30.9. The second kappa shape index (κ2) is 9.49. The molecule has 3 heterocycles. The number of fused-ring (bicyclic) bond motifs is 1. The Kier molecular flexibility index (Phi) is 6.53. The molecular weight excluding hydrogens is 398 g/mol. The summed E-state index contributed by atoms with van der Waals surface area (Å²) < 4.78 is 12.4. The van der Waals surface area contributed by atoms with Gasteiger partial charge in [-0.2, -0.15) is 0 Å².